The minimum Gasteiger partial charge on any atom is -0.381 e. The van der Waals surface area contributed by atoms with Crippen molar-refractivity contribution in [3.8, 4) is 0 Å². The van der Waals surface area contributed by atoms with Crippen molar-refractivity contribution in [3.05, 3.63) is 17.5 Å². The van der Waals surface area contributed by atoms with Gasteiger partial charge in [-0.05, 0) is 20.3 Å². The van der Waals surface area contributed by atoms with Crippen molar-refractivity contribution < 1.29 is 4.74 Å². The number of aromatic nitrogens is 2. The Hall–Kier alpha value is -0.830. The van der Waals surface area contributed by atoms with Crippen molar-refractivity contribution in [3.63, 3.8) is 0 Å². The molecule has 0 aliphatic carbocycles. The molecule has 0 saturated carbocycles. The Morgan fingerprint density at radius 1 is 1.55 bits per heavy atom. The molecular weight excluding hydrogens is 369 g/mol. The number of rotatable bonds is 5. The van der Waals surface area contributed by atoms with Gasteiger partial charge in [0.2, 0.25) is 0 Å². The molecule has 3 N–H and O–H groups in total. The van der Waals surface area contributed by atoms with Crippen LogP contribution in [0.15, 0.2) is 11.2 Å². The number of nitrogens with zero attached hydrogens (tertiary/aromatic N) is 2. The quantitative estimate of drug-likeness (QED) is 0.402. The number of hydrogen-bond acceptors (Lipinski definition) is 3. The van der Waals surface area contributed by atoms with Crippen LogP contribution >= 0.6 is 24.0 Å². The van der Waals surface area contributed by atoms with Gasteiger partial charge < -0.3 is 15.4 Å². The number of aryl methyl sites for hydroxylation is 1. The first-order valence-electron chi connectivity index (χ1n) is 6.88. The number of hydrogen-bond donors (Lipinski definition) is 3. The van der Waals surface area contributed by atoms with E-state index in [-0.39, 0.29) is 24.0 Å². The van der Waals surface area contributed by atoms with Gasteiger partial charge in [-0.3, -0.25) is 5.10 Å². The summed E-state index contributed by atoms with van der Waals surface area (Å²) in [6.07, 6.45) is 2.96. The zero-order chi connectivity index (χ0) is 13.5. The third-order valence-corrected chi connectivity index (χ3v) is 3.27. The maximum Gasteiger partial charge on any atom is 0.191 e. The lowest BCUT2D eigenvalue weighted by molar-refractivity contribution is 0.186. The monoisotopic (exact) mass is 393 g/mol. The van der Waals surface area contributed by atoms with Gasteiger partial charge in [-0.15, -0.1) is 24.0 Å². The van der Waals surface area contributed by atoms with Gasteiger partial charge >= 0.3 is 0 Å². The lowest BCUT2D eigenvalue weighted by atomic mass is 10.1. The number of H-pyrrole nitrogens is 1. The van der Waals surface area contributed by atoms with Crippen LogP contribution in [0.2, 0.25) is 0 Å². The van der Waals surface area contributed by atoms with Crippen LogP contribution in [-0.4, -0.2) is 42.5 Å². The molecule has 1 unspecified atom stereocenters. The van der Waals surface area contributed by atoms with Crippen LogP contribution in [0, 0.1) is 12.8 Å². The summed E-state index contributed by atoms with van der Waals surface area (Å²) in [4.78, 5) is 4.57. The van der Waals surface area contributed by atoms with Crippen LogP contribution in [0.25, 0.3) is 0 Å². The second-order valence-corrected chi connectivity index (χ2v) is 4.83. The number of nitrogens with one attached hydrogen (secondary N) is 3. The Morgan fingerprint density at radius 3 is 3.00 bits per heavy atom. The second kappa shape index (κ2) is 9.17. The first kappa shape index (κ1) is 17.2. The lowest BCUT2D eigenvalue weighted by Crippen LogP contribution is -2.39. The molecule has 1 aliphatic rings. The van der Waals surface area contributed by atoms with Gasteiger partial charge in [-0.2, -0.15) is 5.10 Å². The number of aliphatic imine (C=N–C) groups is 1. The van der Waals surface area contributed by atoms with E-state index in [4.69, 9.17) is 4.74 Å². The largest absolute Gasteiger partial charge is 0.381 e. The smallest absolute Gasteiger partial charge is 0.191 e. The van der Waals surface area contributed by atoms with Crippen LogP contribution in [-0.2, 0) is 11.3 Å². The van der Waals surface area contributed by atoms with Crippen LogP contribution in [0.4, 0.5) is 0 Å². The molecule has 0 spiro atoms. The standard InChI is InChI=1S/C13H23N5O.HI/c1-3-14-13(15-6-11-4-5-19-9-11)16-7-12-8-17-18-10(12)2;/h8,11H,3-7,9H2,1-2H3,(H,17,18)(H2,14,15,16);1H. The first-order chi connectivity index (χ1) is 9.29. The van der Waals surface area contributed by atoms with E-state index < -0.39 is 0 Å². The number of guanidine groups is 1. The van der Waals surface area contributed by atoms with Gasteiger partial charge in [0.25, 0.3) is 0 Å². The molecule has 6 nitrogen and oxygen atoms in total. The van der Waals surface area contributed by atoms with Gasteiger partial charge in [-0.1, -0.05) is 0 Å². The van der Waals surface area contributed by atoms with E-state index in [0.29, 0.717) is 12.5 Å². The van der Waals surface area contributed by atoms with E-state index in [0.717, 1.165) is 49.9 Å². The van der Waals surface area contributed by atoms with Crippen LogP contribution in [0.5, 0.6) is 0 Å². The van der Waals surface area contributed by atoms with Crippen LogP contribution in [0.1, 0.15) is 24.6 Å². The fourth-order valence-electron chi connectivity index (χ4n) is 2.03. The molecule has 1 saturated heterocycles. The van der Waals surface area contributed by atoms with Gasteiger partial charge in [0.05, 0.1) is 19.3 Å². The lowest BCUT2D eigenvalue weighted by Gasteiger charge is -2.13. The SMILES string of the molecule is CCNC(=NCc1cn[nH]c1C)NCC1CCOC1.I. The number of ether oxygens (including phenoxy) is 1. The molecular formula is C13H24IN5O. The predicted octanol–water partition coefficient (Wildman–Crippen LogP) is 1.43. The highest BCUT2D eigenvalue weighted by molar-refractivity contribution is 14.0. The molecule has 0 radical (unpaired) electrons. The molecule has 1 aromatic heterocycles. The fraction of sp³-hybridized carbons (Fsp3) is 0.692. The Bertz CT molecular complexity index is 415. The predicted molar refractivity (Wildman–Crippen MR) is 90.5 cm³/mol. The topological polar surface area (TPSA) is 74.3 Å². The highest BCUT2D eigenvalue weighted by atomic mass is 127. The average Bonchev–Trinajstić information content (AvgIpc) is 3.04. The van der Waals surface area contributed by atoms with Crippen molar-refractivity contribution in [1.82, 2.24) is 20.8 Å². The van der Waals surface area contributed by atoms with Gasteiger partial charge in [0.1, 0.15) is 0 Å². The molecule has 0 amide bonds. The van der Waals surface area contributed by atoms with E-state index in [1.54, 1.807) is 0 Å². The summed E-state index contributed by atoms with van der Waals surface area (Å²) in [7, 11) is 0. The van der Waals surface area contributed by atoms with E-state index in [9.17, 15) is 0 Å². The Kier molecular flexibility index (Phi) is 7.90. The van der Waals surface area contributed by atoms with Crippen molar-refractivity contribution in [2.45, 2.75) is 26.8 Å². The van der Waals surface area contributed by atoms with Crippen molar-refractivity contribution >= 4 is 29.9 Å². The zero-order valence-electron chi connectivity index (χ0n) is 12.1. The van der Waals surface area contributed by atoms with Crippen molar-refractivity contribution in [2.75, 3.05) is 26.3 Å². The molecule has 0 bridgehead atoms. The Morgan fingerprint density at radius 2 is 2.40 bits per heavy atom. The van der Waals surface area contributed by atoms with Crippen molar-refractivity contribution in [1.29, 1.82) is 0 Å². The fourth-order valence-corrected chi connectivity index (χ4v) is 2.03. The summed E-state index contributed by atoms with van der Waals surface area (Å²) in [5.41, 5.74) is 2.20. The molecule has 7 heteroatoms. The number of aromatic amines is 1. The molecule has 0 aromatic carbocycles. The summed E-state index contributed by atoms with van der Waals surface area (Å²) in [6, 6.07) is 0. The van der Waals surface area contributed by atoms with Gasteiger partial charge in [0, 0.05) is 36.9 Å². The van der Waals surface area contributed by atoms with E-state index in [2.05, 4.69) is 32.7 Å². The molecule has 2 heterocycles. The van der Waals surface area contributed by atoms with E-state index in [1.165, 1.54) is 0 Å². The molecule has 1 atom stereocenters. The van der Waals surface area contributed by atoms with Crippen LogP contribution in [0.3, 0.4) is 0 Å². The molecule has 1 aromatic rings. The molecule has 2 rings (SSSR count). The average molecular weight is 393 g/mol. The Labute approximate surface area is 137 Å². The highest BCUT2D eigenvalue weighted by Crippen LogP contribution is 2.10. The van der Waals surface area contributed by atoms with Crippen molar-refractivity contribution in [2.24, 2.45) is 10.9 Å². The second-order valence-electron chi connectivity index (χ2n) is 4.83. The van der Waals surface area contributed by atoms with E-state index in [1.807, 2.05) is 13.1 Å². The van der Waals surface area contributed by atoms with Gasteiger partial charge in [0.15, 0.2) is 5.96 Å². The minimum absolute atomic E-state index is 0. The third-order valence-electron chi connectivity index (χ3n) is 3.27. The molecule has 1 fully saturated rings. The Balaban J connectivity index is 0.00000200. The summed E-state index contributed by atoms with van der Waals surface area (Å²) in [6.45, 7) is 8.22. The van der Waals surface area contributed by atoms with Gasteiger partial charge in [-0.25, -0.2) is 4.99 Å². The summed E-state index contributed by atoms with van der Waals surface area (Å²) >= 11 is 0. The van der Waals surface area contributed by atoms with Crippen LogP contribution < -0.4 is 10.6 Å². The first-order valence-corrected chi connectivity index (χ1v) is 6.88. The molecule has 114 valence electrons. The summed E-state index contributed by atoms with van der Waals surface area (Å²) in [5.74, 6) is 1.45. The number of halogens is 1. The minimum atomic E-state index is 0. The van der Waals surface area contributed by atoms with E-state index >= 15 is 0 Å². The summed E-state index contributed by atoms with van der Waals surface area (Å²) in [5, 5.41) is 13.6. The highest BCUT2D eigenvalue weighted by Gasteiger charge is 2.15. The molecule has 20 heavy (non-hydrogen) atoms. The zero-order valence-corrected chi connectivity index (χ0v) is 14.4. The summed E-state index contributed by atoms with van der Waals surface area (Å²) < 4.78 is 5.37. The normalized spacial score (nSPS) is 18.7. The maximum absolute atomic E-state index is 5.37. The maximum atomic E-state index is 5.37. The third kappa shape index (κ3) is 5.28. The molecule has 1 aliphatic heterocycles.